The van der Waals surface area contributed by atoms with Crippen LogP contribution in [0.1, 0.15) is 20.8 Å². The van der Waals surface area contributed by atoms with E-state index >= 15 is 0 Å². The van der Waals surface area contributed by atoms with Crippen LogP contribution in [0.25, 0.3) is 0 Å². The molecule has 0 amide bonds. The molecule has 0 aliphatic rings. The van der Waals surface area contributed by atoms with Crippen molar-refractivity contribution in [1.29, 1.82) is 0 Å². The lowest BCUT2D eigenvalue weighted by Crippen LogP contribution is -1.36. The first-order chi connectivity index (χ1) is 2.41. The number of aldehydes is 1. The first kappa shape index (κ1) is 8.82. The van der Waals surface area contributed by atoms with Crippen LogP contribution < -0.4 is 0 Å². The summed E-state index contributed by atoms with van der Waals surface area (Å²) in [5.41, 5.74) is 0. The number of hydrogen-bond donors (Lipinski definition) is 0. The number of hydrogen-bond acceptors (Lipinski definition) is 1. The highest BCUT2D eigenvalue weighted by Gasteiger charge is 1.24. The zero-order valence-corrected chi connectivity index (χ0v) is 3.99. The molecule has 0 atom stereocenters. The summed E-state index contributed by atoms with van der Waals surface area (Å²) in [5.74, 6) is 0. The van der Waals surface area contributed by atoms with Crippen LogP contribution in [0.5, 0.6) is 0 Å². The molecular weight excluding hydrogens is 64.0 g/mol. The smallest absolute Gasteiger partial charge is 0.116 e. The first-order valence-electron chi connectivity index (χ1n) is 1.81. The van der Waals surface area contributed by atoms with Crippen molar-refractivity contribution in [2.45, 2.75) is 20.8 Å². The van der Waals surface area contributed by atoms with Crippen LogP contribution >= 0.6 is 0 Å². The van der Waals surface area contributed by atoms with Crippen LogP contribution in [0, 0.1) is 0 Å². The Bertz CT molecular complexity index is 11.1. The minimum absolute atomic E-state index is 0.750. The minimum Gasteiger partial charge on any atom is -0.304 e. The summed E-state index contributed by atoms with van der Waals surface area (Å²) in [4.78, 5) is 8.81. The third kappa shape index (κ3) is 94.0. The van der Waals surface area contributed by atoms with Crippen LogP contribution in [0.15, 0.2) is 0 Å². The average molecular weight is 74.1 g/mol. The van der Waals surface area contributed by atoms with Crippen molar-refractivity contribution in [3.05, 3.63) is 0 Å². The summed E-state index contributed by atoms with van der Waals surface area (Å²) in [7, 11) is 0. The van der Waals surface area contributed by atoms with Gasteiger partial charge >= 0.3 is 0 Å². The highest BCUT2D eigenvalue weighted by molar-refractivity contribution is 5.44. The normalized spacial score (nSPS) is 3.80. The molecule has 0 fully saturated rings. The largest absolute Gasteiger partial charge is 0.304 e. The van der Waals surface area contributed by atoms with Crippen LogP contribution in [0.3, 0.4) is 0 Å². The second-order valence-electron chi connectivity index (χ2n) is 0.236. The van der Waals surface area contributed by atoms with Gasteiger partial charge in [-0.2, -0.15) is 0 Å². The van der Waals surface area contributed by atoms with E-state index in [0.29, 0.717) is 0 Å². The van der Waals surface area contributed by atoms with E-state index in [2.05, 4.69) is 0 Å². The zero-order valence-electron chi connectivity index (χ0n) is 3.99. The highest BCUT2D eigenvalue weighted by atomic mass is 16.1. The lowest BCUT2D eigenvalue weighted by molar-refractivity contribution is -0.106. The van der Waals surface area contributed by atoms with Gasteiger partial charge in [-0.1, -0.05) is 13.8 Å². The Morgan fingerprint density at radius 1 is 1.40 bits per heavy atom. The molecule has 0 aromatic carbocycles. The molecule has 0 bridgehead atoms. The van der Waals surface area contributed by atoms with Gasteiger partial charge in [-0.15, -0.1) is 0 Å². The monoisotopic (exact) mass is 74.1 g/mol. The van der Waals surface area contributed by atoms with Crippen LogP contribution in [0.4, 0.5) is 0 Å². The van der Waals surface area contributed by atoms with Gasteiger partial charge in [0.2, 0.25) is 0 Å². The van der Waals surface area contributed by atoms with Crippen molar-refractivity contribution >= 4 is 6.29 Å². The van der Waals surface area contributed by atoms with Gasteiger partial charge in [0.25, 0.3) is 0 Å². The maximum Gasteiger partial charge on any atom is 0.116 e. The molecule has 0 aromatic heterocycles. The molecule has 32 valence electrons. The quantitative estimate of drug-likeness (QED) is 0.395. The summed E-state index contributed by atoms with van der Waals surface area (Å²) in [5, 5.41) is 0. The molecule has 0 rings (SSSR count). The fourth-order valence-electron chi connectivity index (χ4n) is 0. The Morgan fingerprint density at radius 2 is 1.40 bits per heavy atom. The maximum atomic E-state index is 8.81. The van der Waals surface area contributed by atoms with Crippen LogP contribution in [0.2, 0.25) is 0 Å². The van der Waals surface area contributed by atoms with Gasteiger partial charge in [0.15, 0.2) is 0 Å². The Hall–Kier alpha value is -0.330. The van der Waals surface area contributed by atoms with E-state index < -0.39 is 0 Å². The second-order valence-corrected chi connectivity index (χ2v) is 0.236. The molecule has 0 aliphatic heterocycles. The molecule has 0 aliphatic carbocycles. The zero-order chi connectivity index (χ0) is 4.71. The molecule has 0 aromatic rings. The fourth-order valence-corrected chi connectivity index (χ4v) is 0. The lowest BCUT2D eigenvalue weighted by Gasteiger charge is -1.23. The predicted octanol–water partition coefficient (Wildman–Crippen LogP) is 1.23. The standard InChI is InChI=1S/C2H4O.C2H6/c1-2-3;1-2/h2H,1H3;1-2H3. The summed E-state index contributed by atoms with van der Waals surface area (Å²) in [6, 6.07) is 0. The Labute approximate surface area is 33.0 Å². The average Bonchev–Trinajstić information content (AvgIpc) is 1.46. The molecular formula is C4H10O. The van der Waals surface area contributed by atoms with Gasteiger partial charge in [0.1, 0.15) is 6.29 Å². The summed E-state index contributed by atoms with van der Waals surface area (Å²) in [6.07, 6.45) is 0.750. The lowest BCUT2D eigenvalue weighted by atomic mass is 11.0. The van der Waals surface area contributed by atoms with Crippen molar-refractivity contribution in [2.24, 2.45) is 0 Å². The molecule has 0 N–H and O–H groups in total. The molecule has 0 spiro atoms. The molecule has 0 radical (unpaired) electrons. The van der Waals surface area contributed by atoms with Crippen LogP contribution in [-0.4, -0.2) is 6.29 Å². The van der Waals surface area contributed by atoms with E-state index in [0.717, 1.165) is 6.29 Å². The van der Waals surface area contributed by atoms with Gasteiger partial charge in [0.05, 0.1) is 0 Å². The third-order valence-corrected chi connectivity index (χ3v) is 0. The van der Waals surface area contributed by atoms with Crippen molar-refractivity contribution in [2.75, 3.05) is 0 Å². The summed E-state index contributed by atoms with van der Waals surface area (Å²) in [6.45, 7) is 5.44. The van der Waals surface area contributed by atoms with Crippen molar-refractivity contribution < 1.29 is 4.79 Å². The van der Waals surface area contributed by atoms with E-state index in [-0.39, 0.29) is 0 Å². The predicted molar refractivity (Wildman–Crippen MR) is 23.1 cm³/mol. The summed E-state index contributed by atoms with van der Waals surface area (Å²) >= 11 is 0. The number of carbonyl (C=O) groups is 1. The van der Waals surface area contributed by atoms with E-state index in [1.165, 1.54) is 6.92 Å². The minimum atomic E-state index is 0.750. The molecule has 1 nitrogen and oxygen atoms in total. The van der Waals surface area contributed by atoms with Crippen molar-refractivity contribution in [3.63, 3.8) is 0 Å². The number of rotatable bonds is 0. The topological polar surface area (TPSA) is 17.1 Å². The van der Waals surface area contributed by atoms with Gasteiger partial charge in [0, 0.05) is 0 Å². The Balaban J connectivity index is 0. The van der Waals surface area contributed by atoms with E-state index in [1.807, 2.05) is 13.8 Å². The second kappa shape index (κ2) is 58.3. The van der Waals surface area contributed by atoms with E-state index in [1.54, 1.807) is 0 Å². The van der Waals surface area contributed by atoms with E-state index in [9.17, 15) is 0 Å². The molecule has 5 heavy (non-hydrogen) atoms. The molecule has 0 saturated heterocycles. The van der Waals surface area contributed by atoms with E-state index in [4.69, 9.17) is 4.79 Å². The molecule has 1 heteroatoms. The van der Waals surface area contributed by atoms with Crippen LogP contribution in [-0.2, 0) is 4.79 Å². The fraction of sp³-hybridized carbons (Fsp3) is 0.750. The third-order valence-electron chi connectivity index (χ3n) is 0. The SMILES string of the molecule is CC.CC=O. The number of carbonyl (C=O) groups excluding carboxylic acids is 1. The molecule has 0 unspecified atom stereocenters. The van der Waals surface area contributed by atoms with Crippen molar-refractivity contribution in [3.8, 4) is 0 Å². The maximum absolute atomic E-state index is 8.81. The molecule has 0 heterocycles. The Morgan fingerprint density at radius 3 is 1.40 bits per heavy atom. The molecule has 0 saturated carbocycles. The van der Waals surface area contributed by atoms with Gasteiger partial charge in [-0.3, -0.25) is 0 Å². The van der Waals surface area contributed by atoms with Gasteiger partial charge in [-0.25, -0.2) is 0 Å². The van der Waals surface area contributed by atoms with Gasteiger partial charge in [-0.05, 0) is 6.92 Å². The highest BCUT2D eigenvalue weighted by Crippen LogP contribution is 1.14. The summed E-state index contributed by atoms with van der Waals surface area (Å²) < 4.78 is 0. The first-order valence-corrected chi connectivity index (χ1v) is 1.81. The van der Waals surface area contributed by atoms with Gasteiger partial charge < -0.3 is 4.79 Å². The van der Waals surface area contributed by atoms with Crippen molar-refractivity contribution in [1.82, 2.24) is 0 Å². The Kier molecular flexibility index (Phi) is 103.